The number of hydrogen-bond acceptors (Lipinski definition) is 2. The Morgan fingerprint density at radius 1 is 1.56 bits per heavy atom. The molecular weight excluding hydrogens is 116 g/mol. The maximum absolute atomic E-state index is 5.09. The van der Waals surface area contributed by atoms with Crippen LogP contribution in [0.1, 0.15) is 6.92 Å². The van der Waals surface area contributed by atoms with Crippen LogP contribution in [-0.2, 0) is 0 Å². The molecule has 0 atom stereocenters. The number of nitrogens with zero attached hydrogens (tertiary/aromatic N) is 1. The standard InChI is InChI=1S/C5H12N4/c1-3-4(8-2)9-5(6)7/h3,8H,1-2H3,(H4,6,7,9)/b4-3-. The van der Waals surface area contributed by atoms with Crippen LogP contribution < -0.4 is 16.8 Å². The smallest absolute Gasteiger partial charge is 0.192 e. The van der Waals surface area contributed by atoms with Crippen LogP contribution in [0, 0.1) is 0 Å². The van der Waals surface area contributed by atoms with E-state index < -0.39 is 0 Å². The number of aliphatic imine (C=N–C) groups is 1. The molecule has 0 aromatic rings. The van der Waals surface area contributed by atoms with E-state index in [1.165, 1.54) is 0 Å². The molecule has 5 N–H and O–H groups in total. The molecule has 0 radical (unpaired) electrons. The van der Waals surface area contributed by atoms with E-state index in [2.05, 4.69) is 10.3 Å². The minimum Gasteiger partial charge on any atom is -0.373 e. The fourth-order valence-electron chi connectivity index (χ4n) is 0.404. The Labute approximate surface area is 54.6 Å². The molecule has 0 heterocycles. The van der Waals surface area contributed by atoms with Gasteiger partial charge in [0.25, 0.3) is 0 Å². The molecule has 0 aliphatic carbocycles. The zero-order chi connectivity index (χ0) is 7.28. The molecule has 0 aromatic heterocycles. The zero-order valence-electron chi connectivity index (χ0n) is 5.68. The molecule has 4 nitrogen and oxygen atoms in total. The highest BCUT2D eigenvalue weighted by Crippen LogP contribution is 1.85. The lowest BCUT2D eigenvalue weighted by Crippen LogP contribution is -2.24. The van der Waals surface area contributed by atoms with E-state index in [0.29, 0.717) is 5.82 Å². The van der Waals surface area contributed by atoms with Crippen molar-refractivity contribution in [2.45, 2.75) is 6.92 Å². The fourth-order valence-corrected chi connectivity index (χ4v) is 0.404. The second-order valence-corrected chi connectivity index (χ2v) is 1.46. The second kappa shape index (κ2) is 3.77. The molecule has 0 aliphatic heterocycles. The maximum atomic E-state index is 5.09. The first-order valence-electron chi connectivity index (χ1n) is 2.64. The van der Waals surface area contributed by atoms with Gasteiger partial charge in [0.15, 0.2) is 5.96 Å². The van der Waals surface area contributed by atoms with Gasteiger partial charge < -0.3 is 16.8 Å². The summed E-state index contributed by atoms with van der Waals surface area (Å²) in [5, 5.41) is 2.80. The Balaban J connectivity index is 4.01. The molecule has 0 saturated carbocycles. The fraction of sp³-hybridized carbons (Fsp3) is 0.400. The van der Waals surface area contributed by atoms with E-state index in [0.717, 1.165) is 0 Å². The maximum Gasteiger partial charge on any atom is 0.192 e. The third-order valence-corrected chi connectivity index (χ3v) is 0.779. The van der Waals surface area contributed by atoms with Crippen LogP contribution in [0.25, 0.3) is 0 Å². The van der Waals surface area contributed by atoms with Crippen molar-refractivity contribution in [3.05, 3.63) is 11.9 Å². The molecule has 0 fully saturated rings. The van der Waals surface area contributed by atoms with Crippen molar-refractivity contribution in [1.29, 1.82) is 0 Å². The number of nitrogens with one attached hydrogen (secondary N) is 1. The minimum absolute atomic E-state index is 0.0671. The lowest BCUT2D eigenvalue weighted by atomic mass is 10.6. The quantitative estimate of drug-likeness (QED) is 0.341. The van der Waals surface area contributed by atoms with Crippen LogP contribution in [0.3, 0.4) is 0 Å². The number of nitrogens with two attached hydrogens (primary N) is 2. The van der Waals surface area contributed by atoms with Crippen molar-refractivity contribution >= 4 is 5.96 Å². The summed E-state index contributed by atoms with van der Waals surface area (Å²) >= 11 is 0. The van der Waals surface area contributed by atoms with Gasteiger partial charge >= 0.3 is 0 Å². The molecule has 0 bridgehead atoms. The van der Waals surface area contributed by atoms with E-state index in [1.54, 1.807) is 13.1 Å². The summed E-state index contributed by atoms with van der Waals surface area (Å²) in [4.78, 5) is 3.74. The van der Waals surface area contributed by atoms with Gasteiger partial charge in [-0.25, -0.2) is 0 Å². The van der Waals surface area contributed by atoms with Gasteiger partial charge in [0.1, 0.15) is 5.82 Å². The number of hydrogen-bond donors (Lipinski definition) is 3. The molecule has 0 aliphatic rings. The second-order valence-electron chi connectivity index (χ2n) is 1.46. The first kappa shape index (κ1) is 7.81. The van der Waals surface area contributed by atoms with Gasteiger partial charge in [-0.05, 0) is 13.0 Å². The first-order chi connectivity index (χ1) is 4.20. The van der Waals surface area contributed by atoms with Crippen molar-refractivity contribution in [2.75, 3.05) is 7.05 Å². The molecule has 0 spiro atoms. The van der Waals surface area contributed by atoms with Crippen molar-refractivity contribution < 1.29 is 0 Å². The van der Waals surface area contributed by atoms with E-state index in [-0.39, 0.29) is 5.96 Å². The number of allylic oxidation sites excluding steroid dienone is 1. The van der Waals surface area contributed by atoms with E-state index in [1.807, 2.05) is 6.92 Å². The molecular formula is C5H12N4. The Bertz CT molecular complexity index is 132. The van der Waals surface area contributed by atoms with Gasteiger partial charge in [0, 0.05) is 7.05 Å². The monoisotopic (exact) mass is 128 g/mol. The van der Waals surface area contributed by atoms with Crippen LogP contribution in [0.15, 0.2) is 16.9 Å². The van der Waals surface area contributed by atoms with Gasteiger partial charge in [0.2, 0.25) is 0 Å². The van der Waals surface area contributed by atoms with Gasteiger partial charge in [0.05, 0.1) is 0 Å². The predicted octanol–water partition coefficient (Wildman–Crippen LogP) is -0.659. The Kier molecular flexibility index (Phi) is 3.27. The van der Waals surface area contributed by atoms with Gasteiger partial charge in [-0.15, -0.1) is 0 Å². The Hall–Kier alpha value is -1.19. The van der Waals surface area contributed by atoms with Crippen LogP contribution in [0.4, 0.5) is 0 Å². The van der Waals surface area contributed by atoms with Gasteiger partial charge in [-0.3, -0.25) is 0 Å². The van der Waals surface area contributed by atoms with Crippen molar-refractivity contribution in [2.24, 2.45) is 16.5 Å². The van der Waals surface area contributed by atoms with Gasteiger partial charge in [-0.1, -0.05) is 0 Å². The molecule has 0 rings (SSSR count). The summed E-state index contributed by atoms with van der Waals surface area (Å²) in [6, 6.07) is 0. The molecule has 0 aromatic carbocycles. The molecule has 9 heavy (non-hydrogen) atoms. The largest absolute Gasteiger partial charge is 0.373 e. The molecule has 52 valence electrons. The summed E-state index contributed by atoms with van der Waals surface area (Å²) in [6.45, 7) is 1.85. The van der Waals surface area contributed by atoms with Crippen LogP contribution in [-0.4, -0.2) is 13.0 Å². The highest BCUT2D eigenvalue weighted by atomic mass is 15.1. The summed E-state index contributed by atoms with van der Waals surface area (Å²) in [6.07, 6.45) is 1.78. The zero-order valence-corrected chi connectivity index (χ0v) is 5.68. The molecule has 0 saturated heterocycles. The van der Waals surface area contributed by atoms with Crippen molar-refractivity contribution in [3.8, 4) is 0 Å². The molecule has 0 amide bonds. The van der Waals surface area contributed by atoms with Crippen molar-refractivity contribution in [3.63, 3.8) is 0 Å². The van der Waals surface area contributed by atoms with E-state index in [9.17, 15) is 0 Å². The van der Waals surface area contributed by atoms with Crippen LogP contribution >= 0.6 is 0 Å². The Morgan fingerprint density at radius 2 is 2.11 bits per heavy atom. The average molecular weight is 128 g/mol. The van der Waals surface area contributed by atoms with Crippen LogP contribution in [0.5, 0.6) is 0 Å². The summed E-state index contributed by atoms with van der Waals surface area (Å²) in [5.74, 6) is 0.743. The lowest BCUT2D eigenvalue weighted by Gasteiger charge is -1.97. The lowest BCUT2D eigenvalue weighted by molar-refractivity contribution is 0.956. The third-order valence-electron chi connectivity index (χ3n) is 0.779. The number of guanidine groups is 1. The number of rotatable bonds is 2. The highest BCUT2D eigenvalue weighted by molar-refractivity contribution is 5.76. The summed E-state index contributed by atoms with van der Waals surface area (Å²) < 4.78 is 0. The average Bonchev–Trinajstić information content (AvgIpc) is 1.82. The third kappa shape index (κ3) is 3.40. The van der Waals surface area contributed by atoms with Crippen molar-refractivity contribution in [1.82, 2.24) is 5.32 Å². The summed E-state index contributed by atoms with van der Waals surface area (Å²) in [5.41, 5.74) is 10.2. The summed E-state index contributed by atoms with van der Waals surface area (Å²) in [7, 11) is 1.75. The predicted molar refractivity (Wildman–Crippen MR) is 38.6 cm³/mol. The Morgan fingerprint density at radius 3 is 2.22 bits per heavy atom. The normalized spacial score (nSPS) is 10.7. The first-order valence-corrected chi connectivity index (χ1v) is 2.64. The van der Waals surface area contributed by atoms with E-state index >= 15 is 0 Å². The van der Waals surface area contributed by atoms with E-state index in [4.69, 9.17) is 11.5 Å². The van der Waals surface area contributed by atoms with Crippen LogP contribution in [0.2, 0.25) is 0 Å². The highest BCUT2D eigenvalue weighted by Gasteiger charge is 1.84. The minimum atomic E-state index is 0.0671. The molecule has 0 unspecified atom stereocenters. The SMILES string of the molecule is C/C=C(\N=C(N)N)NC. The molecule has 4 heteroatoms. The van der Waals surface area contributed by atoms with Gasteiger partial charge in [-0.2, -0.15) is 4.99 Å². The topological polar surface area (TPSA) is 76.4 Å².